The van der Waals surface area contributed by atoms with E-state index in [0.29, 0.717) is 47.3 Å². The van der Waals surface area contributed by atoms with Gasteiger partial charge in [-0.1, -0.05) is 12.1 Å². The lowest BCUT2D eigenvalue weighted by atomic mass is 10.2. The van der Waals surface area contributed by atoms with Crippen LogP contribution in [0.25, 0.3) is 11.0 Å². The Hall–Kier alpha value is -4.27. The van der Waals surface area contributed by atoms with E-state index in [4.69, 9.17) is 4.42 Å². The summed E-state index contributed by atoms with van der Waals surface area (Å²) in [5, 5.41) is 9.49. The van der Waals surface area contributed by atoms with Crippen molar-refractivity contribution in [2.45, 2.75) is 13.8 Å². The van der Waals surface area contributed by atoms with Gasteiger partial charge >= 0.3 is 0 Å². The number of hydrogen-bond donors (Lipinski definition) is 3. The number of benzene rings is 1. The smallest absolute Gasteiger partial charge is 0.287 e. The zero-order chi connectivity index (χ0) is 22.5. The summed E-state index contributed by atoms with van der Waals surface area (Å²) in [4.78, 5) is 37.5. The van der Waals surface area contributed by atoms with Crippen LogP contribution in [0.1, 0.15) is 21.9 Å². The molecule has 0 atom stereocenters. The molecule has 0 fully saturated rings. The van der Waals surface area contributed by atoms with Gasteiger partial charge < -0.3 is 20.4 Å². The molecular weight excluding hydrogens is 408 g/mol. The number of anilines is 3. The molecule has 162 valence electrons. The summed E-state index contributed by atoms with van der Waals surface area (Å²) < 4.78 is 5.55. The Balaban J connectivity index is 1.35. The average molecular weight is 430 g/mol. The Bertz CT molecular complexity index is 1330. The molecule has 3 heterocycles. The fourth-order valence-electron chi connectivity index (χ4n) is 3.13. The average Bonchev–Trinajstić information content (AvgIpc) is 2.76. The molecule has 4 rings (SSSR count). The van der Waals surface area contributed by atoms with Crippen LogP contribution >= 0.6 is 0 Å². The lowest BCUT2D eigenvalue weighted by molar-refractivity contribution is 0.0928. The maximum Gasteiger partial charge on any atom is 0.287 e. The third-order valence-electron chi connectivity index (χ3n) is 4.58. The van der Waals surface area contributed by atoms with Gasteiger partial charge in [0, 0.05) is 31.4 Å². The first-order chi connectivity index (χ1) is 15.5. The molecule has 0 aliphatic heterocycles. The number of aryl methyl sites for hydroxylation is 2. The van der Waals surface area contributed by atoms with Gasteiger partial charge in [0.2, 0.25) is 0 Å². The third kappa shape index (κ3) is 5.07. The SMILES string of the molecule is Cc1ccnc(Nc2cc(NCCNC(=O)c3cc(=O)c4ccccc4o3)nc(C)n2)c1. The van der Waals surface area contributed by atoms with Crippen molar-refractivity contribution in [3.63, 3.8) is 0 Å². The number of carbonyl (C=O) groups is 1. The molecule has 0 unspecified atom stereocenters. The van der Waals surface area contributed by atoms with Gasteiger partial charge in [0.15, 0.2) is 11.2 Å². The standard InChI is InChI=1S/C23H22N6O3/c1-14-7-8-24-20(11-14)29-22-13-21(27-15(2)28-22)25-9-10-26-23(31)19-12-17(30)16-5-3-4-6-18(16)32-19/h3-8,11-13H,9-10H2,1-2H3,(H,26,31)(H2,24,25,27,28,29). The third-order valence-corrected chi connectivity index (χ3v) is 4.58. The summed E-state index contributed by atoms with van der Waals surface area (Å²) in [6, 6.07) is 13.6. The molecule has 0 bridgehead atoms. The Morgan fingerprint density at radius 1 is 0.969 bits per heavy atom. The molecule has 4 aromatic rings. The van der Waals surface area contributed by atoms with Gasteiger partial charge in [-0.2, -0.15) is 0 Å². The molecule has 3 N–H and O–H groups in total. The van der Waals surface area contributed by atoms with Crippen LogP contribution in [0.5, 0.6) is 0 Å². The second-order valence-corrected chi connectivity index (χ2v) is 7.18. The first-order valence-electron chi connectivity index (χ1n) is 10.1. The Kier molecular flexibility index (Phi) is 6.07. The van der Waals surface area contributed by atoms with Crippen molar-refractivity contribution in [1.29, 1.82) is 0 Å². The van der Waals surface area contributed by atoms with Crippen molar-refractivity contribution >= 4 is 34.3 Å². The lowest BCUT2D eigenvalue weighted by Crippen LogP contribution is -2.29. The highest BCUT2D eigenvalue weighted by molar-refractivity contribution is 5.93. The number of carbonyl (C=O) groups excluding carboxylic acids is 1. The minimum Gasteiger partial charge on any atom is -0.451 e. The quantitative estimate of drug-likeness (QED) is 0.382. The van der Waals surface area contributed by atoms with Gasteiger partial charge in [0.1, 0.15) is 28.9 Å². The number of aromatic nitrogens is 3. The van der Waals surface area contributed by atoms with E-state index in [1.165, 1.54) is 6.07 Å². The summed E-state index contributed by atoms with van der Waals surface area (Å²) in [6.45, 7) is 4.51. The number of nitrogens with zero attached hydrogens (tertiary/aromatic N) is 3. The Labute approximate surface area is 183 Å². The second-order valence-electron chi connectivity index (χ2n) is 7.18. The van der Waals surface area contributed by atoms with E-state index in [0.717, 1.165) is 5.56 Å². The fraction of sp³-hybridized carbons (Fsp3) is 0.174. The lowest BCUT2D eigenvalue weighted by Gasteiger charge is -2.10. The molecule has 0 spiro atoms. The van der Waals surface area contributed by atoms with Crippen LogP contribution in [-0.2, 0) is 0 Å². The molecule has 0 aliphatic rings. The van der Waals surface area contributed by atoms with Crippen LogP contribution in [0.2, 0.25) is 0 Å². The van der Waals surface area contributed by atoms with Gasteiger partial charge in [0.25, 0.3) is 5.91 Å². The van der Waals surface area contributed by atoms with E-state index in [1.807, 2.05) is 19.1 Å². The van der Waals surface area contributed by atoms with Gasteiger partial charge in [-0.15, -0.1) is 0 Å². The fourth-order valence-corrected chi connectivity index (χ4v) is 3.13. The molecule has 0 radical (unpaired) electrons. The Morgan fingerprint density at radius 3 is 2.62 bits per heavy atom. The van der Waals surface area contributed by atoms with E-state index in [-0.39, 0.29) is 11.2 Å². The van der Waals surface area contributed by atoms with E-state index in [1.54, 1.807) is 43.5 Å². The van der Waals surface area contributed by atoms with Gasteiger partial charge in [-0.05, 0) is 43.7 Å². The minimum absolute atomic E-state index is 0.0243. The normalized spacial score (nSPS) is 10.7. The zero-order valence-electron chi connectivity index (χ0n) is 17.7. The highest BCUT2D eigenvalue weighted by Gasteiger charge is 2.11. The van der Waals surface area contributed by atoms with Crippen LogP contribution < -0.4 is 21.4 Å². The van der Waals surface area contributed by atoms with Crippen molar-refractivity contribution in [3.8, 4) is 0 Å². The molecule has 9 nitrogen and oxygen atoms in total. The number of rotatable bonds is 7. The Morgan fingerprint density at radius 2 is 1.78 bits per heavy atom. The van der Waals surface area contributed by atoms with E-state index in [2.05, 4.69) is 30.9 Å². The molecule has 32 heavy (non-hydrogen) atoms. The number of nitrogens with one attached hydrogen (secondary N) is 3. The predicted octanol–water partition coefficient (Wildman–Crippen LogP) is 3.18. The van der Waals surface area contributed by atoms with Gasteiger partial charge in [-0.3, -0.25) is 9.59 Å². The van der Waals surface area contributed by atoms with E-state index >= 15 is 0 Å². The number of hydrogen-bond acceptors (Lipinski definition) is 8. The number of amides is 1. The van der Waals surface area contributed by atoms with Crippen LogP contribution in [-0.4, -0.2) is 33.9 Å². The van der Waals surface area contributed by atoms with Gasteiger partial charge in [-0.25, -0.2) is 15.0 Å². The van der Waals surface area contributed by atoms with Crippen LogP contribution in [0.3, 0.4) is 0 Å². The second kappa shape index (κ2) is 9.25. The topological polar surface area (TPSA) is 122 Å². The predicted molar refractivity (Wildman–Crippen MR) is 122 cm³/mol. The molecule has 1 aromatic carbocycles. The number of para-hydroxylation sites is 1. The first-order valence-corrected chi connectivity index (χ1v) is 10.1. The van der Waals surface area contributed by atoms with Crippen molar-refractivity contribution in [2.24, 2.45) is 0 Å². The van der Waals surface area contributed by atoms with Crippen molar-refractivity contribution in [2.75, 3.05) is 23.7 Å². The maximum atomic E-state index is 12.4. The first kappa shape index (κ1) is 21.0. The highest BCUT2D eigenvalue weighted by atomic mass is 16.3. The maximum absolute atomic E-state index is 12.4. The van der Waals surface area contributed by atoms with E-state index < -0.39 is 5.91 Å². The van der Waals surface area contributed by atoms with Crippen molar-refractivity contribution in [3.05, 3.63) is 82.1 Å². The number of fused-ring (bicyclic) bond motifs is 1. The molecular formula is C23H22N6O3. The largest absolute Gasteiger partial charge is 0.451 e. The molecule has 0 saturated carbocycles. The highest BCUT2D eigenvalue weighted by Crippen LogP contribution is 2.16. The van der Waals surface area contributed by atoms with Crippen molar-refractivity contribution < 1.29 is 9.21 Å². The monoisotopic (exact) mass is 430 g/mol. The number of pyridine rings is 1. The van der Waals surface area contributed by atoms with Crippen molar-refractivity contribution in [1.82, 2.24) is 20.3 Å². The van der Waals surface area contributed by atoms with Gasteiger partial charge in [0.05, 0.1) is 5.39 Å². The van der Waals surface area contributed by atoms with E-state index in [9.17, 15) is 9.59 Å². The molecule has 0 saturated heterocycles. The minimum atomic E-state index is -0.457. The van der Waals surface area contributed by atoms with Crippen LogP contribution in [0, 0.1) is 13.8 Å². The molecule has 3 aromatic heterocycles. The van der Waals surface area contributed by atoms with Crippen LogP contribution in [0.4, 0.5) is 17.5 Å². The summed E-state index contributed by atoms with van der Waals surface area (Å²) in [5.41, 5.74) is 1.21. The molecule has 1 amide bonds. The van der Waals surface area contributed by atoms with Crippen LogP contribution in [0.15, 0.2) is 63.9 Å². The molecule has 9 heteroatoms. The molecule has 0 aliphatic carbocycles. The summed E-state index contributed by atoms with van der Waals surface area (Å²) >= 11 is 0. The summed E-state index contributed by atoms with van der Waals surface area (Å²) in [5.74, 6) is 2.02. The zero-order valence-corrected chi connectivity index (χ0v) is 17.7. The summed E-state index contributed by atoms with van der Waals surface area (Å²) in [6.07, 6.45) is 1.73. The summed E-state index contributed by atoms with van der Waals surface area (Å²) in [7, 11) is 0.